The van der Waals surface area contributed by atoms with Gasteiger partial charge in [0.1, 0.15) is 13.2 Å². The average molecular weight is 881 g/mol. The number of allylic oxidation sites excluding steroid dienone is 10. The highest BCUT2D eigenvalue weighted by molar-refractivity contribution is 5.71. The summed E-state index contributed by atoms with van der Waals surface area (Å²) in [5.74, 6) is -0.903. The normalized spacial score (nSPS) is 12.5. The van der Waals surface area contributed by atoms with E-state index < -0.39 is 6.10 Å². The largest absolute Gasteiger partial charge is 0.462 e. The summed E-state index contributed by atoms with van der Waals surface area (Å²) in [6, 6.07) is 0. The molecule has 364 valence electrons. The van der Waals surface area contributed by atoms with Crippen LogP contribution in [-0.4, -0.2) is 37.2 Å². The summed E-state index contributed by atoms with van der Waals surface area (Å²) in [7, 11) is 0. The van der Waals surface area contributed by atoms with Crippen LogP contribution < -0.4 is 0 Å². The molecule has 0 amide bonds. The lowest BCUT2D eigenvalue weighted by Gasteiger charge is -2.18. The molecular formula is C57H100O6. The van der Waals surface area contributed by atoms with Gasteiger partial charge in [-0.1, -0.05) is 229 Å². The lowest BCUT2D eigenvalue weighted by molar-refractivity contribution is -0.167. The summed E-state index contributed by atoms with van der Waals surface area (Å²) in [5, 5.41) is 0. The zero-order valence-corrected chi connectivity index (χ0v) is 41.6. The standard InChI is InChI=1S/C57H100O6/c1-4-7-10-13-16-19-22-25-27-29-31-32-35-38-41-44-47-50-56(59)62-53-54(52-61-55(58)49-46-43-40-37-34-24-21-18-15-12-9-6-3)63-57(60)51-48-45-42-39-36-33-30-28-26-23-20-17-14-11-8-5-2/h8-9,11-12,17-18,20-21,26,28,54H,4-7,10,13-16,19,22-25,27,29-53H2,1-3H3/b11-8-,12-9-,20-17-,21-18-,28-26-. The van der Waals surface area contributed by atoms with Gasteiger partial charge in [-0.25, -0.2) is 0 Å². The maximum absolute atomic E-state index is 12.8. The Morgan fingerprint density at radius 3 is 0.968 bits per heavy atom. The van der Waals surface area contributed by atoms with Gasteiger partial charge in [0, 0.05) is 19.3 Å². The Morgan fingerprint density at radius 1 is 0.333 bits per heavy atom. The van der Waals surface area contributed by atoms with Crippen LogP contribution in [0.25, 0.3) is 0 Å². The molecule has 0 bridgehead atoms. The monoisotopic (exact) mass is 881 g/mol. The van der Waals surface area contributed by atoms with Gasteiger partial charge in [0.15, 0.2) is 6.10 Å². The van der Waals surface area contributed by atoms with Gasteiger partial charge in [-0.15, -0.1) is 0 Å². The first-order valence-corrected chi connectivity index (χ1v) is 26.8. The summed E-state index contributed by atoms with van der Waals surface area (Å²) in [6.07, 6.45) is 63.5. The Hall–Kier alpha value is -2.89. The average Bonchev–Trinajstić information content (AvgIpc) is 3.28. The van der Waals surface area contributed by atoms with Gasteiger partial charge in [-0.3, -0.25) is 14.4 Å². The molecule has 0 aromatic carbocycles. The molecule has 0 aromatic heterocycles. The van der Waals surface area contributed by atoms with Crippen LogP contribution in [0.4, 0.5) is 0 Å². The summed E-state index contributed by atoms with van der Waals surface area (Å²) >= 11 is 0. The fraction of sp³-hybridized carbons (Fsp3) is 0.772. The molecular weight excluding hydrogens is 781 g/mol. The first-order valence-electron chi connectivity index (χ1n) is 26.8. The maximum Gasteiger partial charge on any atom is 0.306 e. The smallest absolute Gasteiger partial charge is 0.306 e. The van der Waals surface area contributed by atoms with Crippen molar-refractivity contribution in [3.05, 3.63) is 60.8 Å². The van der Waals surface area contributed by atoms with Crippen molar-refractivity contribution in [2.75, 3.05) is 13.2 Å². The van der Waals surface area contributed by atoms with Crippen LogP contribution in [0, 0.1) is 0 Å². The topological polar surface area (TPSA) is 78.9 Å². The zero-order chi connectivity index (χ0) is 45.8. The van der Waals surface area contributed by atoms with E-state index in [0.29, 0.717) is 19.3 Å². The SMILES string of the molecule is CC/C=C\C/C=C\C/C=C\CCCCCCCCC(=O)OC(COC(=O)CCCCCCC/C=C\C/C=C\CC)COC(=O)CCCCCCCCCCCCCCCCCCC. The van der Waals surface area contributed by atoms with Crippen molar-refractivity contribution in [3.8, 4) is 0 Å². The fourth-order valence-electron chi connectivity index (χ4n) is 7.55. The van der Waals surface area contributed by atoms with Crippen LogP contribution in [0.1, 0.15) is 265 Å². The Kier molecular flexibility index (Phi) is 49.4. The van der Waals surface area contributed by atoms with E-state index in [2.05, 4.69) is 81.5 Å². The number of hydrogen-bond acceptors (Lipinski definition) is 6. The van der Waals surface area contributed by atoms with E-state index in [-0.39, 0.29) is 31.1 Å². The molecule has 0 aliphatic carbocycles. The first kappa shape index (κ1) is 60.1. The molecule has 0 radical (unpaired) electrons. The molecule has 0 rings (SSSR count). The van der Waals surface area contributed by atoms with E-state index >= 15 is 0 Å². The van der Waals surface area contributed by atoms with Crippen LogP contribution >= 0.6 is 0 Å². The third-order valence-electron chi connectivity index (χ3n) is 11.5. The van der Waals surface area contributed by atoms with Gasteiger partial charge in [0.25, 0.3) is 0 Å². The summed E-state index contributed by atoms with van der Waals surface area (Å²) in [4.78, 5) is 38.0. The summed E-state index contributed by atoms with van der Waals surface area (Å²) in [5.41, 5.74) is 0. The maximum atomic E-state index is 12.8. The van der Waals surface area contributed by atoms with E-state index in [9.17, 15) is 14.4 Å². The van der Waals surface area contributed by atoms with Crippen molar-refractivity contribution in [1.82, 2.24) is 0 Å². The van der Waals surface area contributed by atoms with Crippen LogP contribution in [0.15, 0.2) is 60.8 Å². The zero-order valence-electron chi connectivity index (χ0n) is 41.6. The second kappa shape index (κ2) is 51.7. The van der Waals surface area contributed by atoms with Crippen molar-refractivity contribution in [1.29, 1.82) is 0 Å². The van der Waals surface area contributed by atoms with E-state index in [0.717, 1.165) is 122 Å². The molecule has 0 aliphatic rings. The third-order valence-corrected chi connectivity index (χ3v) is 11.5. The van der Waals surface area contributed by atoms with Crippen molar-refractivity contribution in [2.45, 2.75) is 271 Å². The Balaban J connectivity index is 4.37. The molecule has 0 spiro atoms. The number of carbonyl (C=O) groups excluding carboxylic acids is 3. The first-order chi connectivity index (χ1) is 31.0. The molecule has 0 saturated heterocycles. The number of rotatable bonds is 48. The minimum absolute atomic E-state index is 0.0822. The Bertz CT molecular complexity index is 1150. The molecule has 1 unspecified atom stereocenters. The molecule has 1 atom stereocenters. The van der Waals surface area contributed by atoms with Gasteiger partial charge in [-0.2, -0.15) is 0 Å². The van der Waals surface area contributed by atoms with Crippen molar-refractivity contribution in [3.63, 3.8) is 0 Å². The van der Waals surface area contributed by atoms with E-state index in [4.69, 9.17) is 14.2 Å². The molecule has 6 nitrogen and oxygen atoms in total. The molecule has 63 heavy (non-hydrogen) atoms. The van der Waals surface area contributed by atoms with Crippen LogP contribution in [0.3, 0.4) is 0 Å². The number of carbonyl (C=O) groups is 3. The molecule has 0 fully saturated rings. The van der Waals surface area contributed by atoms with E-state index in [1.807, 2.05) is 0 Å². The minimum Gasteiger partial charge on any atom is -0.462 e. The second-order valence-corrected chi connectivity index (χ2v) is 17.7. The van der Waals surface area contributed by atoms with Gasteiger partial charge < -0.3 is 14.2 Å². The van der Waals surface area contributed by atoms with Gasteiger partial charge in [-0.05, 0) is 77.0 Å². The van der Waals surface area contributed by atoms with E-state index in [1.54, 1.807) is 0 Å². The highest BCUT2D eigenvalue weighted by Gasteiger charge is 2.19. The highest BCUT2D eigenvalue weighted by atomic mass is 16.6. The molecule has 6 heteroatoms. The molecule has 0 aromatic rings. The number of hydrogen-bond donors (Lipinski definition) is 0. The van der Waals surface area contributed by atoms with Crippen LogP contribution in [0.2, 0.25) is 0 Å². The van der Waals surface area contributed by atoms with Gasteiger partial charge in [0.2, 0.25) is 0 Å². The van der Waals surface area contributed by atoms with Crippen molar-refractivity contribution in [2.24, 2.45) is 0 Å². The van der Waals surface area contributed by atoms with Gasteiger partial charge in [0.05, 0.1) is 0 Å². The molecule has 0 heterocycles. The highest BCUT2D eigenvalue weighted by Crippen LogP contribution is 2.16. The number of unbranched alkanes of at least 4 members (excludes halogenated alkanes) is 27. The van der Waals surface area contributed by atoms with E-state index in [1.165, 1.54) is 103 Å². The lowest BCUT2D eigenvalue weighted by atomic mass is 10.0. The predicted molar refractivity (Wildman–Crippen MR) is 270 cm³/mol. The molecule has 0 saturated carbocycles. The molecule has 0 aliphatic heterocycles. The summed E-state index contributed by atoms with van der Waals surface area (Å²) in [6.45, 7) is 6.41. The second-order valence-electron chi connectivity index (χ2n) is 17.7. The van der Waals surface area contributed by atoms with Crippen molar-refractivity contribution >= 4 is 17.9 Å². The number of esters is 3. The number of ether oxygens (including phenoxy) is 3. The molecule has 0 N–H and O–H groups in total. The summed E-state index contributed by atoms with van der Waals surface area (Å²) < 4.78 is 16.8. The Labute approximate surface area is 390 Å². The minimum atomic E-state index is -0.784. The quantitative estimate of drug-likeness (QED) is 0.0262. The van der Waals surface area contributed by atoms with Crippen molar-refractivity contribution < 1.29 is 28.6 Å². The van der Waals surface area contributed by atoms with Crippen LogP contribution in [-0.2, 0) is 28.6 Å². The van der Waals surface area contributed by atoms with Gasteiger partial charge >= 0.3 is 17.9 Å². The van der Waals surface area contributed by atoms with Crippen LogP contribution in [0.5, 0.6) is 0 Å². The fourth-order valence-corrected chi connectivity index (χ4v) is 7.55. The lowest BCUT2D eigenvalue weighted by Crippen LogP contribution is -2.30. The Morgan fingerprint density at radius 2 is 0.619 bits per heavy atom. The predicted octanol–water partition coefficient (Wildman–Crippen LogP) is 17.6. The third kappa shape index (κ3) is 50.0.